The first-order chi connectivity index (χ1) is 32.5. The summed E-state index contributed by atoms with van der Waals surface area (Å²) in [6, 6.07) is 61.3. The van der Waals surface area contributed by atoms with Crippen LogP contribution in [0, 0.1) is 6.92 Å². The molecule has 0 bridgehead atoms. The maximum Gasteiger partial charge on any atom is 0.0468 e. The highest BCUT2D eigenvalue weighted by atomic mass is 15.1. The van der Waals surface area contributed by atoms with Crippen LogP contribution < -0.4 is 4.90 Å². The Morgan fingerprint density at radius 1 is 0.420 bits per heavy atom. The summed E-state index contributed by atoms with van der Waals surface area (Å²) in [5, 5.41) is 2.84. The molecule has 8 aromatic rings. The Morgan fingerprint density at radius 3 is 1.32 bits per heavy atom. The van der Waals surface area contributed by atoms with Gasteiger partial charge in [0.25, 0.3) is 0 Å². The third-order valence-electron chi connectivity index (χ3n) is 16.1. The standard InChI is InChI=1S/C68H73N/c1-43-38-58-63-61-56(43)16-15-17-57(61)67(11,12)59-41-55(42-60(62(59)63)68(58,13)14)69(54-36-32-52(33-37-54)66(8,9)10)53-34-26-47(27-35-53)46-22-18-44(19-23-46)39-49(48-24-30-51(31-25-48)65(5,6)7)40-45-20-28-50(29-21-45)64(2,3)4/h15-38,41-42,49H,39-40H2,1-14H3. The van der Waals surface area contributed by atoms with Gasteiger partial charge in [0.1, 0.15) is 0 Å². The highest BCUT2D eigenvalue weighted by Crippen LogP contribution is 2.61. The number of aryl methyl sites for hydroxylation is 1. The van der Waals surface area contributed by atoms with Crippen LogP contribution in [0.15, 0.2) is 158 Å². The number of hydrogen-bond donors (Lipinski definition) is 0. The van der Waals surface area contributed by atoms with Gasteiger partial charge in [-0.2, -0.15) is 0 Å². The van der Waals surface area contributed by atoms with Crippen LogP contribution in [-0.4, -0.2) is 0 Å². The van der Waals surface area contributed by atoms with Crippen LogP contribution in [0.1, 0.15) is 157 Å². The Bertz CT molecular complexity index is 3210. The summed E-state index contributed by atoms with van der Waals surface area (Å²) >= 11 is 0. The summed E-state index contributed by atoms with van der Waals surface area (Å²) in [7, 11) is 0. The van der Waals surface area contributed by atoms with Gasteiger partial charge in [0.05, 0.1) is 0 Å². The maximum absolute atomic E-state index is 2.52. The molecule has 10 rings (SSSR count). The van der Waals surface area contributed by atoms with Crippen molar-refractivity contribution in [3.8, 4) is 22.3 Å². The van der Waals surface area contributed by atoms with E-state index in [1.54, 1.807) is 0 Å². The zero-order valence-corrected chi connectivity index (χ0v) is 43.9. The lowest BCUT2D eigenvalue weighted by Crippen LogP contribution is -2.25. The summed E-state index contributed by atoms with van der Waals surface area (Å²) < 4.78 is 0. The zero-order valence-electron chi connectivity index (χ0n) is 43.9. The van der Waals surface area contributed by atoms with E-state index in [9.17, 15) is 0 Å². The van der Waals surface area contributed by atoms with E-state index in [-0.39, 0.29) is 27.1 Å². The van der Waals surface area contributed by atoms with E-state index in [4.69, 9.17) is 0 Å². The first kappa shape index (κ1) is 46.5. The van der Waals surface area contributed by atoms with Crippen LogP contribution in [0.4, 0.5) is 17.1 Å². The average molecular weight is 904 g/mol. The fourth-order valence-corrected chi connectivity index (χ4v) is 11.7. The largest absolute Gasteiger partial charge is 0.310 e. The molecule has 8 aromatic carbocycles. The predicted octanol–water partition coefficient (Wildman–Crippen LogP) is 18.7. The molecule has 69 heavy (non-hydrogen) atoms. The van der Waals surface area contributed by atoms with Crippen LogP contribution in [0.2, 0.25) is 0 Å². The molecule has 1 nitrogen and oxygen atoms in total. The summed E-state index contributed by atoms with van der Waals surface area (Å²) in [6.45, 7) is 32.7. The lowest BCUT2D eigenvalue weighted by atomic mass is 9.68. The first-order valence-electron chi connectivity index (χ1n) is 25.6. The van der Waals surface area contributed by atoms with E-state index in [0.717, 1.165) is 18.5 Å². The quantitative estimate of drug-likeness (QED) is 0.139. The van der Waals surface area contributed by atoms with Gasteiger partial charge in [-0.15, -0.1) is 0 Å². The third kappa shape index (κ3) is 8.24. The van der Waals surface area contributed by atoms with Gasteiger partial charge >= 0.3 is 0 Å². The molecule has 0 heterocycles. The van der Waals surface area contributed by atoms with Crippen LogP contribution >= 0.6 is 0 Å². The molecule has 0 saturated carbocycles. The van der Waals surface area contributed by atoms with Gasteiger partial charge in [0.15, 0.2) is 0 Å². The minimum atomic E-state index is -0.176. The fraction of sp³-hybridized carbons (Fsp3) is 0.324. The van der Waals surface area contributed by atoms with E-state index in [0.29, 0.717) is 5.92 Å². The smallest absolute Gasteiger partial charge is 0.0468 e. The van der Waals surface area contributed by atoms with Crippen molar-refractivity contribution in [2.45, 2.75) is 143 Å². The topological polar surface area (TPSA) is 3.24 Å². The van der Waals surface area contributed by atoms with Crippen LogP contribution in [0.5, 0.6) is 0 Å². The number of nitrogens with zero attached hydrogens (tertiary/aromatic N) is 1. The van der Waals surface area contributed by atoms with Crippen molar-refractivity contribution in [1.29, 1.82) is 0 Å². The van der Waals surface area contributed by atoms with Crippen molar-refractivity contribution < 1.29 is 0 Å². The van der Waals surface area contributed by atoms with Crippen molar-refractivity contribution in [1.82, 2.24) is 0 Å². The van der Waals surface area contributed by atoms with Crippen molar-refractivity contribution in [2.75, 3.05) is 4.90 Å². The molecule has 0 radical (unpaired) electrons. The number of benzene rings is 8. The summed E-state index contributed by atoms with van der Waals surface area (Å²) in [4.78, 5) is 2.50. The minimum absolute atomic E-state index is 0.0615. The second-order valence-corrected chi connectivity index (χ2v) is 24.8. The molecule has 1 atom stereocenters. The molecule has 0 aromatic heterocycles. The molecular formula is C68H73N. The molecule has 1 unspecified atom stereocenters. The Balaban J connectivity index is 0.995. The summed E-state index contributed by atoms with van der Waals surface area (Å²) in [5.41, 5.74) is 24.3. The first-order valence-corrected chi connectivity index (χ1v) is 25.6. The monoisotopic (exact) mass is 904 g/mol. The van der Waals surface area contributed by atoms with E-state index < -0.39 is 0 Å². The fourth-order valence-electron chi connectivity index (χ4n) is 11.7. The lowest BCUT2D eigenvalue weighted by molar-refractivity contribution is 0.587. The highest BCUT2D eigenvalue weighted by molar-refractivity contribution is 6.10. The van der Waals surface area contributed by atoms with E-state index in [1.165, 1.54) is 106 Å². The molecule has 350 valence electrons. The summed E-state index contributed by atoms with van der Waals surface area (Å²) in [6.07, 6.45) is 1.98. The van der Waals surface area contributed by atoms with Gasteiger partial charge in [-0.3, -0.25) is 0 Å². The molecular weight excluding hydrogens is 831 g/mol. The second-order valence-electron chi connectivity index (χ2n) is 24.8. The number of anilines is 3. The minimum Gasteiger partial charge on any atom is -0.310 e. The number of rotatable bonds is 9. The van der Waals surface area contributed by atoms with E-state index in [2.05, 4.69) is 260 Å². The molecule has 2 aliphatic carbocycles. The molecule has 2 aliphatic rings. The molecule has 0 spiro atoms. The van der Waals surface area contributed by atoms with Gasteiger partial charge in [-0.1, -0.05) is 211 Å². The third-order valence-corrected chi connectivity index (χ3v) is 16.1. The molecule has 0 saturated heterocycles. The van der Waals surface area contributed by atoms with Gasteiger partial charge in [0.2, 0.25) is 0 Å². The Kier molecular flexibility index (Phi) is 11.1. The lowest BCUT2D eigenvalue weighted by Gasteiger charge is -2.37. The van der Waals surface area contributed by atoms with Crippen LogP contribution in [0.3, 0.4) is 0 Å². The van der Waals surface area contributed by atoms with Gasteiger partial charge < -0.3 is 4.90 Å². The Labute approximate surface area is 414 Å². The Hall–Kier alpha value is -6.18. The van der Waals surface area contributed by atoms with Crippen LogP contribution in [-0.2, 0) is 39.9 Å². The number of hydrogen-bond acceptors (Lipinski definition) is 1. The van der Waals surface area contributed by atoms with Gasteiger partial charge in [-0.05, 0) is 173 Å². The summed E-state index contributed by atoms with van der Waals surface area (Å²) in [5.74, 6) is 0.368. The van der Waals surface area contributed by atoms with Crippen molar-refractivity contribution in [3.05, 3.63) is 219 Å². The van der Waals surface area contributed by atoms with Crippen molar-refractivity contribution in [3.63, 3.8) is 0 Å². The molecule has 0 fully saturated rings. The molecule has 0 amide bonds. The van der Waals surface area contributed by atoms with E-state index in [1.807, 2.05) is 0 Å². The highest BCUT2D eigenvalue weighted by Gasteiger charge is 2.45. The normalized spacial score (nSPS) is 15.1. The van der Waals surface area contributed by atoms with Gasteiger partial charge in [0, 0.05) is 27.9 Å². The zero-order chi connectivity index (χ0) is 49.0. The van der Waals surface area contributed by atoms with Crippen molar-refractivity contribution >= 4 is 27.8 Å². The predicted molar refractivity (Wildman–Crippen MR) is 298 cm³/mol. The second kappa shape index (κ2) is 16.5. The van der Waals surface area contributed by atoms with Gasteiger partial charge in [-0.25, -0.2) is 0 Å². The molecule has 0 N–H and O–H groups in total. The average Bonchev–Trinajstić information content (AvgIpc) is 3.53. The van der Waals surface area contributed by atoms with Crippen LogP contribution in [0.25, 0.3) is 33.0 Å². The SMILES string of the molecule is Cc1cc2c3c4c(cccc14)C(C)(C)c1cc(N(c4ccc(-c5ccc(CC(Cc6ccc(C(C)(C)C)cc6)c6ccc(C(C)(C)C)cc6)cc5)cc4)c4ccc(C(C)(C)C)cc4)cc(c1-3)C2(C)C. The van der Waals surface area contributed by atoms with Crippen molar-refractivity contribution in [2.24, 2.45) is 0 Å². The maximum atomic E-state index is 2.52. The Morgan fingerprint density at radius 2 is 0.826 bits per heavy atom. The molecule has 0 aliphatic heterocycles. The van der Waals surface area contributed by atoms with E-state index >= 15 is 0 Å². The molecule has 1 heteroatoms.